The lowest BCUT2D eigenvalue weighted by atomic mass is 9.95. The molecule has 0 aromatic heterocycles. The number of hydrogen-bond acceptors (Lipinski definition) is 11. The number of carbonyl (C=O) groups is 5. The van der Waals surface area contributed by atoms with Crippen molar-refractivity contribution in [2.45, 2.75) is 78.5 Å². The Balaban J connectivity index is 1.19. The molecule has 15 heteroatoms. The van der Waals surface area contributed by atoms with Crippen molar-refractivity contribution >= 4 is 51.3 Å². The molecule has 5 rings (SSSR count). The van der Waals surface area contributed by atoms with Crippen molar-refractivity contribution in [1.82, 2.24) is 15.1 Å². The first-order chi connectivity index (χ1) is 18.6. The first-order valence-corrected chi connectivity index (χ1v) is 15.0. The molecule has 216 valence electrons. The Morgan fingerprint density at radius 1 is 1.05 bits per heavy atom. The van der Waals surface area contributed by atoms with Crippen LogP contribution >= 0.6 is 11.8 Å². The standard InChI is InChI=1S/C25H30N4O9S2/c1-24(2)17(29-20(32)16(21(29)39-24)27-19(31)15(26)12-8-6-5-7-9-12)22(33)37-11-38-23(34)18-25(3,4)40(35,36)14-10-13(30)28(14)18/h5-9,14-18,21H,10-11,26H2,1-4H3,(H,27,31)/t14-,15+,16-,17+,18-,21-/m1/s1. The van der Waals surface area contributed by atoms with E-state index in [1.807, 2.05) is 0 Å². The molecule has 1 aromatic carbocycles. The van der Waals surface area contributed by atoms with Crippen molar-refractivity contribution in [2.24, 2.45) is 5.73 Å². The van der Waals surface area contributed by atoms with Gasteiger partial charge in [0.05, 0.1) is 11.2 Å². The number of esters is 2. The zero-order valence-electron chi connectivity index (χ0n) is 22.2. The first kappa shape index (κ1) is 28.4. The van der Waals surface area contributed by atoms with Crippen LogP contribution in [0.3, 0.4) is 0 Å². The average molecular weight is 595 g/mol. The third-order valence-corrected chi connectivity index (χ3v) is 12.4. The number of sulfone groups is 1. The Kier molecular flexibility index (Phi) is 6.70. The molecular formula is C25H30N4O9S2. The fraction of sp³-hybridized carbons (Fsp3) is 0.560. The molecule has 0 saturated carbocycles. The second kappa shape index (κ2) is 9.45. The average Bonchev–Trinajstić information content (AvgIpc) is 3.22. The molecule has 0 aliphatic carbocycles. The molecule has 0 radical (unpaired) electrons. The van der Waals surface area contributed by atoms with Gasteiger partial charge in [-0.15, -0.1) is 11.8 Å². The molecule has 0 unspecified atom stereocenters. The van der Waals surface area contributed by atoms with E-state index in [1.165, 1.54) is 30.5 Å². The summed E-state index contributed by atoms with van der Waals surface area (Å²) in [4.78, 5) is 65.9. The Morgan fingerprint density at radius 2 is 1.65 bits per heavy atom. The van der Waals surface area contributed by atoms with Crippen molar-refractivity contribution in [3.05, 3.63) is 35.9 Å². The number of rotatable bonds is 7. The third-order valence-electron chi connectivity index (χ3n) is 8.00. The Bertz CT molecular complexity index is 1400. The van der Waals surface area contributed by atoms with Crippen molar-refractivity contribution in [3.63, 3.8) is 0 Å². The normalized spacial score (nSPS) is 31.3. The number of β-lactam (4-membered cyclic amide) rings is 2. The highest BCUT2D eigenvalue weighted by molar-refractivity contribution is 8.01. The van der Waals surface area contributed by atoms with Crippen molar-refractivity contribution < 1.29 is 41.9 Å². The van der Waals surface area contributed by atoms with Gasteiger partial charge in [-0.1, -0.05) is 30.3 Å². The zero-order chi connectivity index (χ0) is 29.4. The molecule has 6 atom stereocenters. The number of fused-ring (bicyclic) bond motifs is 2. The van der Waals surface area contributed by atoms with Crippen LogP contribution in [0, 0.1) is 0 Å². The highest BCUT2D eigenvalue weighted by atomic mass is 32.2. The van der Waals surface area contributed by atoms with E-state index in [-0.39, 0.29) is 6.42 Å². The second-order valence-electron chi connectivity index (χ2n) is 11.2. The van der Waals surface area contributed by atoms with Crippen LogP contribution in [0.1, 0.15) is 45.7 Å². The summed E-state index contributed by atoms with van der Waals surface area (Å²) in [5, 5.41) is 1.07. The maximum Gasteiger partial charge on any atom is 0.333 e. The van der Waals surface area contributed by atoms with Gasteiger partial charge in [0, 0.05) is 4.75 Å². The predicted molar refractivity (Wildman–Crippen MR) is 140 cm³/mol. The third kappa shape index (κ3) is 4.08. The fourth-order valence-electron chi connectivity index (χ4n) is 5.69. The summed E-state index contributed by atoms with van der Waals surface area (Å²) in [5.74, 6) is -3.32. The van der Waals surface area contributed by atoms with E-state index < -0.39 is 90.7 Å². The van der Waals surface area contributed by atoms with E-state index >= 15 is 0 Å². The molecule has 0 bridgehead atoms. The number of hydrogen-bond donors (Lipinski definition) is 2. The summed E-state index contributed by atoms with van der Waals surface area (Å²) in [6.07, 6.45) is -0.191. The molecule has 4 fully saturated rings. The van der Waals surface area contributed by atoms with Gasteiger partial charge in [-0.05, 0) is 33.3 Å². The molecule has 0 spiro atoms. The van der Waals surface area contributed by atoms with Gasteiger partial charge in [0.1, 0.15) is 34.9 Å². The molecule has 1 aromatic rings. The minimum Gasteiger partial charge on any atom is -0.426 e. The molecule has 4 saturated heterocycles. The van der Waals surface area contributed by atoms with Crippen molar-refractivity contribution in [1.29, 1.82) is 0 Å². The van der Waals surface area contributed by atoms with E-state index in [0.717, 1.165) is 4.90 Å². The van der Waals surface area contributed by atoms with E-state index in [4.69, 9.17) is 15.2 Å². The van der Waals surface area contributed by atoms with E-state index in [9.17, 15) is 32.4 Å². The Hall–Kier alpha value is -3.17. The molecule has 3 N–H and O–H groups in total. The predicted octanol–water partition coefficient (Wildman–Crippen LogP) is -0.589. The second-order valence-corrected chi connectivity index (χ2v) is 15.6. The number of nitrogens with two attached hydrogens (primary N) is 1. The summed E-state index contributed by atoms with van der Waals surface area (Å²) < 4.78 is 33.3. The monoisotopic (exact) mass is 594 g/mol. The number of carbonyl (C=O) groups excluding carboxylic acids is 5. The highest BCUT2D eigenvalue weighted by Gasteiger charge is 2.68. The van der Waals surface area contributed by atoms with E-state index in [1.54, 1.807) is 44.2 Å². The SMILES string of the molecule is CC1(C)S[C@@H]2[C@H](NC(=O)[C@@H](N)c3ccccc3)C(=O)N2[C@H]1C(=O)OCOC(=O)[C@H]1N2C(=O)C[C@H]2S(=O)(=O)C1(C)C. The van der Waals surface area contributed by atoms with Crippen LogP contribution < -0.4 is 11.1 Å². The summed E-state index contributed by atoms with van der Waals surface area (Å²) in [6, 6.07) is 4.45. The molecule has 3 amide bonds. The van der Waals surface area contributed by atoms with Gasteiger partial charge in [0.2, 0.25) is 24.5 Å². The fourth-order valence-corrected chi connectivity index (χ4v) is 9.44. The molecule has 13 nitrogen and oxygen atoms in total. The zero-order valence-corrected chi connectivity index (χ0v) is 23.9. The summed E-state index contributed by atoms with van der Waals surface area (Å²) in [6.45, 7) is 5.37. The van der Waals surface area contributed by atoms with Crippen LogP contribution in [-0.2, 0) is 43.3 Å². The van der Waals surface area contributed by atoms with Crippen LogP contribution in [0.2, 0.25) is 0 Å². The van der Waals surface area contributed by atoms with Gasteiger partial charge in [0.15, 0.2) is 9.84 Å². The number of amides is 3. The van der Waals surface area contributed by atoms with Crippen LogP contribution in [0.5, 0.6) is 0 Å². The summed E-state index contributed by atoms with van der Waals surface area (Å²) in [7, 11) is -3.80. The van der Waals surface area contributed by atoms with Gasteiger partial charge < -0.3 is 30.3 Å². The topological polar surface area (TPSA) is 182 Å². The van der Waals surface area contributed by atoms with Crippen molar-refractivity contribution in [3.8, 4) is 0 Å². The largest absolute Gasteiger partial charge is 0.426 e. The number of nitrogens with one attached hydrogen (secondary N) is 1. The molecule has 4 aliphatic heterocycles. The van der Waals surface area contributed by atoms with E-state index in [2.05, 4.69) is 5.32 Å². The lowest BCUT2D eigenvalue weighted by molar-refractivity contribution is -0.181. The smallest absolute Gasteiger partial charge is 0.333 e. The quantitative estimate of drug-likeness (QED) is 0.234. The minimum atomic E-state index is -3.80. The van der Waals surface area contributed by atoms with Gasteiger partial charge in [-0.25, -0.2) is 18.0 Å². The van der Waals surface area contributed by atoms with Crippen LogP contribution in [0.15, 0.2) is 30.3 Å². The molecule has 4 aliphatic rings. The number of benzene rings is 1. The van der Waals surface area contributed by atoms with Gasteiger partial charge in [-0.3, -0.25) is 14.4 Å². The summed E-state index contributed by atoms with van der Waals surface area (Å²) in [5.41, 5.74) is 6.64. The lowest BCUT2D eigenvalue weighted by Gasteiger charge is -2.44. The van der Waals surface area contributed by atoms with Crippen molar-refractivity contribution in [2.75, 3.05) is 6.79 Å². The number of nitrogens with zero attached hydrogens (tertiary/aromatic N) is 2. The Labute approximate surface area is 235 Å². The minimum absolute atomic E-state index is 0.191. The number of thioether (sulfide) groups is 1. The highest BCUT2D eigenvalue weighted by Crippen LogP contribution is 2.51. The van der Waals surface area contributed by atoms with Gasteiger partial charge in [-0.2, -0.15) is 0 Å². The van der Waals surface area contributed by atoms with Gasteiger partial charge >= 0.3 is 11.9 Å². The van der Waals surface area contributed by atoms with Crippen LogP contribution in [0.4, 0.5) is 0 Å². The van der Waals surface area contributed by atoms with E-state index in [0.29, 0.717) is 5.56 Å². The maximum absolute atomic E-state index is 13.0. The first-order valence-electron chi connectivity index (χ1n) is 12.6. The van der Waals surface area contributed by atoms with Crippen LogP contribution in [0.25, 0.3) is 0 Å². The van der Waals surface area contributed by atoms with Crippen LogP contribution in [-0.4, -0.2) is 93.0 Å². The summed E-state index contributed by atoms with van der Waals surface area (Å²) >= 11 is 1.31. The maximum atomic E-state index is 13.0. The number of ether oxygens (including phenoxy) is 2. The molecule has 4 heterocycles. The molecular weight excluding hydrogens is 564 g/mol. The lowest BCUT2D eigenvalue weighted by Crippen LogP contribution is -2.71. The molecule has 40 heavy (non-hydrogen) atoms. The van der Waals surface area contributed by atoms with Gasteiger partial charge in [0.25, 0.3) is 0 Å². The Morgan fingerprint density at radius 3 is 2.25 bits per heavy atom.